The Morgan fingerprint density at radius 2 is 1.83 bits per heavy atom. The standard InChI is InChI=1S/C28H34N2O6/c1-3-4-8-15-29-16-9-14-28-21(22-26(34)35-17-10-13-27(22,2)36-28)24(32)30(23(28)25(29)33)20(18-31)19-11-6-5-7-12-19/h5-7,9-14,20-23,31H,3-4,8,15-18H2,1-2H3/t20-,21+,22-,23?,27+,28+/m1/s1. The summed E-state index contributed by atoms with van der Waals surface area (Å²) in [5.41, 5.74) is -1.73. The van der Waals surface area contributed by atoms with Crippen molar-refractivity contribution in [3.05, 3.63) is 60.2 Å². The number of aliphatic hydroxyl groups excluding tert-OH is 1. The fourth-order valence-corrected chi connectivity index (χ4v) is 6.46. The van der Waals surface area contributed by atoms with Crippen LogP contribution in [0.15, 0.2) is 54.6 Å². The van der Waals surface area contributed by atoms with Crippen LogP contribution in [0.4, 0.5) is 0 Å². The van der Waals surface area contributed by atoms with Gasteiger partial charge in [-0.2, -0.15) is 0 Å². The minimum Gasteiger partial charge on any atom is -0.461 e. The first-order valence-electron chi connectivity index (χ1n) is 12.9. The molecule has 192 valence electrons. The molecule has 1 aromatic carbocycles. The summed E-state index contributed by atoms with van der Waals surface area (Å²) in [4.78, 5) is 45.0. The first-order valence-corrected chi connectivity index (χ1v) is 12.9. The van der Waals surface area contributed by atoms with E-state index in [0.29, 0.717) is 18.7 Å². The number of unbranched alkanes of at least 4 members (excludes halogenated alkanes) is 2. The Kier molecular flexibility index (Phi) is 6.51. The lowest BCUT2D eigenvalue weighted by Gasteiger charge is -2.40. The van der Waals surface area contributed by atoms with E-state index in [1.54, 1.807) is 24.0 Å². The van der Waals surface area contributed by atoms with Crippen molar-refractivity contribution in [3.63, 3.8) is 0 Å². The smallest absolute Gasteiger partial charge is 0.313 e. The van der Waals surface area contributed by atoms with Crippen molar-refractivity contribution >= 4 is 17.8 Å². The van der Waals surface area contributed by atoms with Gasteiger partial charge in [-0.3, -0.25) is 14.4 Å². The zero-order chi connectivity index (χ0) is 25.5. The van der Waals surface area contributed by atoms with Crippen LogP contribution < -0.4 is 0 Å². The molecular weight excluding hydrogens is 460 g/mol. The Bertz CT molecular complexity index is 1090. The Morgan fingerprint density at radius 3 is 2.56 bits per heavy atom. The van der Waals surface area contributed by atoms with Gasteiger partial charge in [-0.25, -0.2) is 0 Å². The highest BCUT2D eigenvalue weighted by Gasteiger charge is 2.75. The van der Waals surface area contributed by atoms with Crippen LogP contribution in [0, 0.1) is 11.8 Å². The minimum absolute atomic E-state index is 0.110. The van der Waals surface area contributed by atoms with Crippen molar-refractivity contribution in [2.45, 2.75) is 56.4 Å². The Morgan fingerprint density at radius 1 is 1.06 bits per heavy atom. The normalized spacial score (nSPS) is 34.1. The molecule has 2 fully saturated rings. The van der Waals surface area contributed by atoms with E-state index in [1.807, 2.05) is 42.5 Å². The fourth-order valence-electron chi connectivity index (χ4n) is 6.46. The maximum atomic E-state index is 14.3. The fraction of sp³-hybridized carbons (Fsp3) is 0.536. The second-order valence-electron chi connectivity index (χ2n) is 10.3. The molecule has 0 bridgehead atoms. The summed E-state index contributed by atoms with van der Waals surface area (Å²) in [5.74, 6) is -2.97. The van der Waals surface area contributed by atoms with E-state index >= 15 is 0 Å². The predicted octanol–water partition coefficient (Wildman–Crippen LogP) is 2.39. The zero-order valence-corrected chi connectivity index (χ0v) is 20.8. The Labute approximate surface area is 211 Å². The number of carbonyl (C=O) groups is 3. The van der Waals surface area contributed by atoms with Crippen molar-refractivity contribution in [2.24, 2.45) is 11.8 Å². The summed E-state index contributed by atoms with van der Waals surface area (Å²) in [6.45, 7) is 4.60. The number of cyclic esters (lactones) is 1. The van der Waals surface area contributed by atoms with Crippen LogP contribution >= 0.6 is 0 Å². The highest BCUT2D eigenvalue weighted by Crippen LogP contribution is 2.58. The number of ether oxygens (including phenoxy) is 2. The number of aliphatic hydroxyl groups is 1. The monoisotopic (exact) mass is 494 g/mol. The van der Waals surface area contributed by atoms with Crippen LogP contribution in [0.3, 0.4) is 0 Å². The molecule has 4 aliphatic rings. The molecule has 8 nitrogen and oxygen atoms in total. The van der Waals surface area contributed by atoms with Crippen molar-refractivity contribution < 1.29 is 29.0 Å². The van der Waals surface area contributed by atoms with Crippen LogP contribution in [0.2, 0.25) is 0 Å². The second-order valence-corrected chi connectivity index (χ2v) is 10.3. The SMILES string of the molecule is CCCCCN1CC=C[C@]23O[C@@]4(C)C=CCOC(=O)[C@H]4[C@H]2C(=O)N([C@H](CO)c2ccccc2)C3C1=O. The third-order valence-electron chi connectivity index (χ3n) is 8.06. The van der Waals surface area contributed by atoms with Gasteiger partial charge in [0.25, 0.3) is 0 Å². The number of likely N-dealkylation sites (tertiary alicyclic amines) is 1. The van der Waals surface area contributed by atoms with Gasteiger partial charge in [-0.1, -0.05) is 68.3 Å². The van der Waals surface area contributed by atoms with Crippen LogP contribution in [0.25, 0.3) is 0 Å². The van der Waals surface area contributed by atoms with Gasteiger partial charge in [0.05, 0.1) is 24.2 Å². The number of amides is 2. The lowest BCUT2D eigenvalue weighted by Crippen LogP contribution is -2.57. The number of nitrogens with zero attached hydrogens (tertiary/aromatic N) is 2. The molecule has 2 amide bonds. The molecule has 1 unspecified atom stereocenters. The molecule has 36 heavy (non-hydrogen) atoms. The molecule has 1 N–H and O–H groups in total. The van der Waals surface area contributed by atoms with E-state index in [4.69, 9.17) is 9.47 Å². The number of carbonyl (C=O) groups excluding carboxylic acids is 3. The molecule has 1 aromatic rings. The molecule has 8 heteroatoms. The number of hydrogen-bond donors (Lipinski definition) is 1. The summed E-state index contributed by atoms with van der Waals surface area (Å²) in [7, 11) is 0. The van der Waals surface area contributed by atoms with Gasteiger partial charge in [0.2, 0.25) is 11.8 Å². The molecule has 0 aliphatic carbocycles. The third-order valence-corrected chi connectivity index (χ3v) is 8.06. The van der Waals surface area contributed by atoms with E-state index in [9.17, 15) is 19.5 Å². The summed E-state index contributed by atoms with van der Waals surface area (Å²) in [5, 5.41) is 10.5. The highest BCUT2D eigenvalue weighted by atomic mass is 16.6. The number of hydrogen-bond acceptors (Lipinski definition) is 6. The van der Waals surface area contributed by atoms with Gasteiger partial charge in [0, 0.05) is 13.1 Å². The maximum absolute atomic E-state index is 14.3. The van der Waals surface area contributed by atoms with Crippen molar-refractivity contribution in [3.8, 4) is 0 Å². The zero-order valence-electron chi connectivity index (χ0n) is 20.8. The van der Waals surface area contributed by atoms with Crippen LogP contribution in [-0.4, -0.2) is 76.2 Å². The highest BCUT2D eigenvalue weighted by molar-refractivity contribution is 5.99. The van der Waals surface area contributed by atoms with E-state index in [1.165, 1.54) is 4.90 Å². The molecule has 6 atom stereocenters. The molecule has 5 rings (SSSR count). The lowest BCUT2D eigenvalue weighted by molar-refractivity contribution is -0.160. The van der Waals surface area contributed by atoms with Crippen molar-refractivity contribution in [1.29, 1.82) is 0 Å². The summed E-state index contributed by atoms with van der Waals surface area (Å²) in [6, 6.07) is 7.42. The first-order chi connectivity index (χ1) is 17.4. The lowest BCUT2D eigenvalue weighted by atomic mass is 9.75. The van der Waals surface area contributed by atoms with Gasteiger partial charge < -0.3 is 24.4 Å². The molecule has 1 spiro atoms. The average Bonchev–Trinajstić information content (AvgIpc) is 3.13. The summed E-state index contributed by atoms with van der Waals surface area (Å²) < 4.78 is 12.1. The largest absolute Gasteiger partial charge is 0.461 e. The average molecular weight is 495 g/mol. The first kappa shape index (κ1) is 24.7. The van der Waals surface area contributed by atoms with E-state index < -0.39 is 41.1 Å². The van der Waals surface area contributed by atoms with Gasteiger partial charge in [-0.15, -0.1) is 0 Å². The van der Waals surface area contributed by atoms with Gasteiger partial charge >= 0.3 is 5.97 Å². The van der Waals surface area contributed by atoms with Gasteiger partial charge in [-0.05, 0) is 25.0 Å². The minimum atomic E-state index is -1.35. The third kappa shape index (κ3) is 3.69. The topological polar surface area (TPSA) is 96.4 Å². The molecule has 0 radical (unpaired) electrons. The van der Waals surface area contributed by atoms with E-state index in [2.05, 4.69) is 6.92 Å². The molecule has 0 aromatic heterocycles. The van der Waals surface area contributed by atoms with Crippen molar-refractivity contribution in [2.75, 3.05) is 26.3 Å². The van der Waals surface area contributed by atoms with E-state index in [-0.39, 0.29) is 25.0 Å². The molecule has 2 saturated heterocycles. The van der Waals surface area contributed by atoms with Crippen LogP contribution in [0.5, 0.6) is 0 Å². The van der Waals surface area contributed by atoms with Crippen LogP contribution in [-0.2, 0) is 23.9 Å². The van der Waals surface area contributed by atoms with E-state index in [0.717, 1.165) is 19.3 Å². The maximum Gasteiger partial charge on any atom is 0.313 e. The second kappa shape index (κ2) is 9.48. The summed E-state index contributed by atoms with van der Waals surface area (Å²) >= 11 is 0. The molecule has 0 saturated carbocycles. The number of fused-ring (bicyclic) bond motifs is 2. The number of esters is 1. The summed E-state index contributed by atoms with van der Waals surface area (Å²) in [6.07, 6.45) is 10.1. The molecule has 4 aliphatic heterocycles. The van der Waals surface area contributed by atoms with Gasteiger partial charge in [0.1, 0.15) is 24.2 Å². The van der Waals surface area contributed by atoms with Gasteiger partial charge in [0.15, 0.2) is 0 Å². The number of rotatable bonds is 7. The Hall–Kier alpha value is -2.97. The van der Waals surface area contributed by atoms with Crippen LogP contribution in [0.1, 0.15) is 44.7 Å². The number of benzene rings is 1. The van der Waals surface area contributed by atoms with Crippen molar-refractivity contribution in [1.82, 2.24) is 9.80 Å². The Balaban J connectivity index is 1.65. The quantitative estimate of drug-likeness (QED) is 0.355. The molecular formula is C28H34N2O6. The molecule has 4 heterocycles. The predicted molar refractivity (Wildman–Crippen MR) is 131 cm³/mol.